The first kappa shape index (κ1) is 30.3. The van der Waals surface area contributed by atoms with E-state index in [0.717, 1.165) is 20.8 Å². The van der Waals surface area contributed by atoms with Gasteiger partial charge in [-0.15, -0.1) is 5.06 Å². The molecule has 2 aliphatic rings. The maximum absolute atomic E-state index is 12.3. The molecule has 38 heavy (non-hydrogen) atoms. The molecule has 0 aromatic carbocycles. The van der Waals surface area contributed by atoms with E-state index in [4.69, 9.17) is 18.9 Å². The van der Waals surface area contributed by atoms with Gasteiger partial charge in [0.1, 0.15) is 12.7 Å². The Balaban J connectivity index is 2.17. The van der Waals surface area contributed by atoms with Gasteiger partial charge in [-0.1, -0.05) is 0 Å². The molecule has 2 saturated heterocycles. The van der Waals surface area contributed by atoms with E-state index >= 15 is 0 Å². The molecule has 0 radical (unpaired) electrons. The maximum Gasteiger partial charge on any atom is 0.399 e. The quantitative estimate of drug-likeness (QED) is 0.145. The Kier molecular flexibility index (Phi) is 10.9. The van der Waals surface area contributed by atoms with Gasteiger partial charge in [0.15, 0.2) is 12.2 Å². The Bertz CT molecular complexity index is 978. The fourth-order valence-electron chi connectivity index (χ4n) is 4.03. The minimum Gasteiger partial charge on any atom is -0.463 e. The molecule has 0 spiro atoms. The maximum atomic E-state index is 12.3. The molecule has 0 aliphatic carbocycles. The number of ether oxygens (including phenoxy) is 4. The van der Waals surface area contributed by atoms with Crippen LogP contribution in [0.3, 0.4) is 0 Å². The molecular formula is C23H30N2O13. The van der Waals surface area contributed by atoms with Gasteiger partial charge in [-0.25, -0.2) is 4.79 Å². The summed E-state index contributed by atoms with van der Waals surface area (Å²) >= 11 is 0. The van der Waals surface area contributed by atoms with Crippen molar-refractivity contribution < 1.29 is 62.1 Å². The first-order chi connectivity index (χ1) is 17.8. The van der Waals surface area contributed by atoms with Gasteiger partial charge in [-0.05, 0) is 12.8 Å². The Morgan fingerprint density at radius 2 is 1.45 bits per heavy atom. The highest BCUT2D eigenvalue weighted by Gasteiger charge is 2.50. The number of hydrogen-bond acceptors (Lipinski definition) is 13. The van der Waals surface area contributed by atoms with Crippen LogP contribution in [0.5, 0.6) is 0 Å². The summed E-state index contributed by atoms with van der Waals surface area (Å²) in [5, 5.41) is 2.86. The third kappa shape index (κ3) is 8.61. The molecular weight excluding hydrogens is 512 g/mol. The van der Waals surface area contributed by atoms with Crippen LogP contribution in [0.2, 0.25) is 0 Å². The predicted molar refractivity (Wildman–Crippen MR) is 120 cm³/mol. The third-order valence-corrected chi connectivity index (χ3v) is 5.52. The number of imide groups is 1. The third-order valence-electron chi connectivity index (χ3n) is 5.52. The number of carbonyl (C=O) groups is 8. The van der Waals surface area contributed by atoms with Gasteiger partial charge in [0.05, 0.1) is 12.1 Å². The standard InChI is InChI=1S/C23H30N2O13/c1-11(26)24-20-16(7-5-6-15(30)23(33)38-25-18(31)8-9-19(25)32)37-17(10-34-12(2)27)21(35-13(3)28)22(20)36-14(4)29/h16-17,20-22H,5-10H2,1-4H3,(H,24,26). The minimum atomic E-state index is -1.39. The lowest BCUT2D eigenvalue weighted by atomic mass is 9.89. The van der Waals surface area contributed by atoms with Crippen molar-refractivity contribution in [2.24, 2.45) is 0 Å². The van der Waals surface area contributed by atoms with Crippen LogP contribution in [0, 0.1) is 0 Å². The van der Waals surface area contributed by atoms with Crippen LogP contribution in [-0.2, 0) is 62.1 Å². The van der Waals surface area contributed by atoms with Crippen molar-refractivity contribution in [1.82, 2.24) is 10.4 Å². The van der Waals surface area contributed by atoms with Gasteiger partial charge in [0.2, 0.25) is 11.7 Å². The van der Waals surface area contributed by atoms with Crippen molar-refractivity contribution in [1.29, 1.82) is 0 Å². The average Bonchev–Trinajstić information content (AvgIpc) is 3.12. The predicted octanol–water partition coefficient (Wildman–Crippen LogP) is -0.968. The van der Waals surface area contributed by atoms with Crippen molar-refractivity contribution in [3.63, 3.8) is 0 Å². The minimum absolute atomic E-state index is 0.00187. The molecule has 2 aliphatic heterocycles. The van der Waals surface area contributed by atoms with Crippen LogP contribution in [0.1, 0.15) is 59.8 Å². The second kappa shape index (κ2) is 13.6. The van der Waals surface area contributed by atoms with Crippen molar-refractivity contribution in [2.45, 2.75) is 90.3 Å². The number of nitrogens with zero attached hydrogens (tertiary/aromatic N) is 1. The number of nitrogens with one attached hydrogen (secondary N) is 1. The molecule has 15 nitrogen and oxygen atoms in total. The normalized spacial score (nSPS) is 24.8. The zero-order chi connectivity index (χ0) is 28.6. The first-order valence-corrected chi connectivity index (χ1v) is 11.8. The lowest BCUT2D eigenvalue weighted by Crippen LogP contribution is -2.66. The van der Waals surface area contributed by atoms with Crippen LogP contribution in [0.4, 0.5) is 0 Å². The summed E-state index contributed by atoms with van der Waals surface area (Å²) in [7, 11) is 0. The second-order valence-electron chi connectivity index (χ2n) is 8.67. The summed E-state index contributed by atoms with van der Waals surface area (Å²) in [5.41, 5.74) is 0. The smallest absolute Gasteiger partial charge is 0.399 e. The molecule has 3 amide bonds. The highest BCUT2D eigenvalue weighted by Crippen LogP contribution is 2.29. The molecule has 0 aromatic heterocycles. The van der Waals surface area contributed by atoms with E-state index in [2.05, 4.69) is 10.2 Å². The van der Waals surface area contributed by atoms with Crippen LogP contribution < -0.4 is 5.32 Å². The highest BCUT2D eigenvalue weighted by atomic mass is 16.7. The van der Waals surface area contributed by atoms with Gasteiger partial charge in [-0.3, -0.25) is 33.6 Å². The Labute approximate surface area is 217 Å². The van der Waals surface area contributed by atoms with Crippen LogP contribution >= 0.6 is 0 Å². The van der Waals surface area contributed by atoms with E-state index in [9.17, 15) is 38.4 Å². The van der Waals surface area contributed by atoms with E-state index in [0.29, 0.717) is 0 Å². The molecule has 0 aromatic rings. The molecule has 2 heterocycles. The molecule has 210 valence electrons. The topological polar surface area (TPSA) is 198 Å². The number of Topliss-reactive ketones (excluding diaryl/α,β-unsaturated/α-hetero) is 1. The number of amides is 3. The highest BCUT2D eigenvalue weighted by molar-refractivity contribution is 6.33. The van der Waals surface area contributed by atoms with Gasteiger partial charge in [0.25, 0.3) is 11.8 Å². The van der Waals surface area contributed by atoms with Gasteiger partial charge in [-0.2, -0.15) is 0 Å². The fourth-order valence-corrected chi connectivity index (χ4v) is 4.03. The van der Waals surface area contributed by atoms with E-state index < -0.39 is 77.8 Å². The molecule has 5 atom stereocenters. The summed E-state index contributed by atoms with van der Waals surface area (Å²) in [6.45, 7) is 4.20. The van der Waals surface area contributed by atoms with Gasteiger partial charge >= 0.3 is 23.9 Å². The Hall–Kier alpha value is -3.88. The summed E-state index contributed by atoms with van der Waals surface area (Å²) in [5.74, 6) is -6.56. The van der Waals surface area contributed by atoms with Gasteiger partial charge in [0, 0.05) is 47.0 Å². The first-order valence-electron chi connectivity index (χ1n) is 11.8. The number of carbonyl (C=O) groups excluding carboxylic acids is 8. The summed E-state index contributed by atoms with van der Waals surface area (Å²) in [6.07, 6.45) is -5.15. The van der Waals surface area contributed by atoms with Crippen LogP contribution in [-0.4, -0.2) is 89.5 Å². The largest absolute Gasteiger partial charge is 0.463 e. The van der Waals surface area contributed by atoms with Crippen molar-refractivity contribution in [3.05, 3.63) is 0 Å². The zero-order valence-electron chi connectivity index (χ0n) is 21.4. The van der Waals surface area contributed by atoms with Crippen molar-refractivity contribution in [3.8, 4) is 0 Å². The average molecular weight is 542 g/mol. The molecule has 0 bridgehead atoms. The number of hydrogen-bond donors (Lipinski definition) is 1. The molecule has 15 heteroatoms. The fraction of sp³-hybridized carbons (Fsp3) is 0.652. The van der Waals surface area contributed by atoms with Crippen LogP contribution in [0.25, 0.3) is 0 Å². The van der Waals surface area contributed by atoms with Gasteiger partial charge < -0.3 is 29.1 Å². The lowest BCUT2D eigenvalue weighted by Gasteiger charge is -2.45. The SMILES string of the molecule is CC(=O)NC1C(CCCC(=O)C(=O)ON2C(=O)CCC2=O)OC(COC(C)=O)C(OC(C)=O)C1OC(C)=O. The molecule has 0 saturated carbocycles. The van der Waals surface area contributed by atoms with E-state index in [-0.39, 0.29) is 43.8 Å². The molecule has 5 unspecified atom stereocenters. The van der Waals surface area contributed by atoms with Crippen molar-refractivity contribution in [2.75, 3.05) is 6.61 Å². The van der Waals surface area contributed by atoms with Crippen molar-refractivity contribution >= 4 is 47.4 Å². The number of rotatable bonds is 11. The summed E-state index contributed by atoms with van der Waals surface area (Å²) < 4.78 is 21.7. The Morgan fingerprint density at radius 1 is 0.868 bits per heavy atom. The summed E-state index contributed by atoms with van der Waals surface area (Å²) in [4.78, 5) is 99.0. The zero-order valence-corrected chi connectivity index (χ0v) is 21.4. The number of hydroxylamine groups is 2. The molecule has 1 N–H and O–H groups in total. The number of ketones is 1. The monoisotopic (exact) mass is 542 g/mol. The van der Waals surface area contributed by atoms with E-state index in [1.165, 1.54) is 6.92 Å². The molecule has 2 fully saturated rings. The van der Waals surface area contributed by atoms with E-state index in [1.807, 2.05) is 0 Å². The molecule has 2 rings (SSSR count). The second-order valence-corrected chi connectivity index (χ2v) is 8.67. The van der Waals surface area contributed by atoms with Crippen LogP contribution in [0.15, 0.2) is 0 Å². The lowest BCUT2D eigenvalue weighted by molar-refractivity contribution is -0.224. The van der Waals surface area contributed by atoms with E-state index in [1.54, 1.807) is 0 Å². The number of esters is 3. The summed E-state index contributed by atoms with van der Waals surface area (Å²) in [6, 6.07) is -1.05. The Morgan fingerprint density at radius 3 is 1.97 bits per heavy atom.